The summed E-state index contributed by atoms with van der Waals surface area (Å²) in [7, 11) is 0. The third-order valence-electron chi connectivity index (χ3n) is 2.27. The Morgan fingerprint density at radius 1 is 1.21 bits per heavy atom. The van der Waals surface area contributed by atoms with E-state index in [2.05, 4.69) is 9.97 Å². The molecule has 0 N–H and O–H groups in total. The summed E-state index contributed by atoms with van der Waals surface area (Å²) in [6.45, 7) is 4.28. The molecule has 0 unspecified atom stereocenters. The van der Waals surface area contributed by atoms with Crippen molar-refractivity contribution in [2.75, 3.05) is 6.61 Å². The molecule has 1 aromatic heterocycles. The minimum atomic E-state index is 0.158. The highest BCUT2D eigenvalue weighted by atomic mass is 16.5. The minimum Gasteiger partial charge on any atom is -0.494 e. The van der Waals surface area contributed by atoms with Crippen LogP contribution < -0.4 is 9.47 Å². The van der Waals surface area contributed by atoms with Gasteiger partial charge in [0.05, 0.1) is 6.61 Å². The average Bonchev–Trinajstić information content (AvgIpc) is 2.39. The summed E-state index contributed by atoms with van der Waals surface area (Å²) in [5.41, 5.74) is 0.964. The smallest absolute Gasteiger partial charge is 0.323 e. The molecule has 2 aromatic rings. The zero-order valence-electron chi connectivity index (χ0n) is 10.8. The van der Waals surface area contributed by atoms with Crippen molar-refractivity contribution in [3.05, 3.63) is 41.7 Å². The Hall–Kier alpha value is -2.61. The maximum Gasteiger partial charge on any atom is 0.323 e. The highest BCUT2D eigenvalue weighted by Gasteiger charge is 2.05. The van der Waals surface area contributed by atoms with Crippen LogP contribution in [0.25, 0.3) is 0 Å². The molecule has 0 atom stereocenters. The molecule has 0 aliphatic heterocycles. The zero-order valence-corrected chi connectivity index (χ0v) is 10.8. The number of ether oxygens (including phenoxy) is 2. The third-order valence-corrected chi connectivity index (χ3v) is 2.27. The van der Waals surface area contributed by atoms with E-state index in [0.717, 1.165) is 0 Å². The van der Waals surface area contributed by atoms with Crippen LogP contribution in [0.3, 0.4) is 0 Å². The van der Waals surface area contributed by atoms with Crippen molar-refractivity contribution in [1.29, 1.82) is 5.26 Å². The summed E-state index contributed by atoms with van der Waals surface area (Å²) in [6.07, 6.45) is 0. The maximum atomic E-state index is 8.85. The number of nitrogens with zero attached hydrogens (tertiary/aromatic N) is 3. The number of rotatable bonds is 4. The Balaban J connectivity index is 2.23. The predicted octanol–water partition coefficient (Wildman–Crippen LogP) is 2.85. The molecule has 5 nitrogen and oxygen atoms in total. The lowest BCUT2D eigenvalue weighted by molar-refractivity contribution is 0.337. The van der Waals surface area contributed by atoms with Crippen molar-refractivity contribution in [3.63, 3.8) is 0 Å². The van der Waals surface area contributed by atoms with E-state index in [4.69, 9.17) is 14.7 Å². The maximum absolute atomic E-state index is 8.85. The summed E-state index contributed by atoms with van der Waals surface area (Å²) in [5, 5.41) is 8.85. The van der Waals surface area contributed by atoms with E-state index in [0.29, 0.717) is 23.8 Å². The predicted molar refractivity (Wildman–Crippen MR) is 69.2 cm³/mol. The first-order chi connectivity index (χ1) is 9.21. The number of benzene rings is 1. The van der Waals surface area contributed by atoms with Gasteiger partial charge in [-0.05, 0) is 32.0 Å². The van der Waals surface area contributed by atoms with Crippen molar-refractivity contribution >= 4 is 0 Å². The van der Waals surface area contributed by atoms with Gasteiger partial charge in [-0.1, -0.05) is 6.07 Å². The minimum absolute atomic E-state index is 0.158. The van der Waals surface area contributed by atoms with E-state index in [1.807, 2.05) is 25.1 Å². The number of aromatic nitrogens is 2. The number of hydrogen-bond acceptors (Lipinski definition) is 5. The van der Waals surface area contributed by atoms with E-state index in [-0.39, 0.29) is 11.7 Å². The lowest BCUT2D eigenvalue weighted by atomic mass is 10.3. The second-order valence-electron chi connectivity index (χ2n) is 3.80. The Kier molecular flexibility index (Phi) is 3.94. The molecule has 0 radical (unpaired) electrons. The first kappa shape index (κ1) is 12.8. The van der Waals surface area contributed by atoms with Gasteiger partial charge in [-0.15, -0.1) is 0 Å². The first-order valence-corrected chi connectivity index (χ1v) is 5.87. The van der Waals surface area contributed by atoms with Gasteiger partial charge in [0.2, 0.25) is 0 Å². The van der Waals surface area contributed by atoms with Gasteiger partial charge in [-0.3, -0.25) is 0 Å². The average molecular weight is 255 g/mol. The SMILES string of the molecule is CCOc1cccc(Oc2nc(C)cc(C#N)n2)c1. The quantitative estimate of drug-likeness (QED) is 0.840. The summed E-state index contributed by atoms with van der Waals surface area (Å²) < 4.78 is 10.9. The molecule has 1 heterocycles. The lowest BCUT2D eigenvalue weighted by Crippen LogP contribution is -1.97. The highest BCUT2D eigenvalue weighted by Crippen LogP contribution is 2.23. The van der Waals surface area contributed by atoms with Crippen LogP contribution in [0, 0.1) is 18.3 Å². The second-order valence-corrected chi connectivity index (χ2v) is 3.80. The van der Waals surface area contributed by atoms with Gasteiger partial charge in [0.25, 0.3) is 0 Å². The van der Waals surface area contributed by atoms with Gasteiger partial charge in [0.1, 0.15) is 23.3 Å². The number of hydrogen-bond donors (Lipinski definition) is 0. The van der Waals surface area contributed by atoms with E-state index in [9.17, 15) is 0 Å². The van der Waals surface area contributed by atoms with Crippen LogP contribution in [0.15, 0.2) is 30.3 Å². The monoisotopic (exact) mass is 255 g/mol. The molecule has 19 heavy (non-hydrogen) atoms. The van der Waals surface area contributed by atoms with Crippen molar-refractivity contribution in [1.82, 2.24) is 9.97 Å². The first-order valence-electron chi connectivity index (χ1n) is 5.87. The van der Waals surface area contributed by atoms with Gasteiger partial charge >= 0.3 is 6.01 Å². The fraction of sp³-hybridized carbons (Fsp3) is 0.214. The number of nitriles is 1. The second kappa shape index (κ2) is 5.83. The third kappa shape index (κ3) is 3.42. The number of aryl methyl sites for hydroxylation is 1. The molecule has 0 fully saturated rings. The highest BCUT2D eigenvalue weighted by molar-refractivity contribution is 5.35. The van der Waals surface area contributed by atoms with Crippen LogP contribution in [0.4, 0.5) is 0 Å². The summed E-state index contributed by atoms with van der Waals surface area (Å²) in [6, 6.07) is 10.9. The van der Waals surface area contributed by atoms with Crippen molar-refractivity contribution in [2.45, 2.75) is 13.8 Å². The van der Waals surface area contributed by atoms with Crippen molar-refractivity contribution in [2.24, 2.45) is 0 Å². The van der Waals surface area contributed by atoms with E-state index >= 15 is 0 Å². The van der Waals surface area contributed by atoms with Crippen LogP contribution in [0.5, 0.6) is 17.5 Å². The van der Waals surface area contributed by atoms with Crippen molar-refractivity contribution in [3.8, 4) is 23.6 Å². The molecule has 0 spiro atoms. The molecule has 0 aliphatic rings. The normalized spacial score (nSPS) is 9.74. The molecule has 0 bridgehead atoms. The van der Waals surface area contributed by atoms with Crippen LogP contribution in [0.1, 0.15) is 18.3 Å². The Morgan fingerprint density at radius 3 is 2.74 bits per heavy atom. The topological polar surface area (TPSA) is 68.0 Å². The molecular weight excluding hydrogens is 242 g/mol. The van der Waals surface area contributed by atoms with Gasteiger partial charge in [0, 0.05) is 11.8 Å². The van der Waals surface area contributed by atoms with Crippen LogP contribution in [-0.2, 0) is 0 Å². The van der Waals surface area contributed by atoms with E-state index in [1.54, 1.807) is 25.1 Å². The summed E-state index contributed by atoms with van der Waals surface area (Å²) in [5.74, 6) is 1.29. The Bertz CT molecular complexity index is 620. The van der Waals surface area contributed by atoms with Crippen molar-refractivity contribution < 1.29 is 9.47 Å². The largest absolute Gasteiger partial charge is 0.494 e. The molecule has 96 valence electrons. The van der Waals surface area contributed by atoms with Gasteiger partial charge in [-0.25, -0.2) is 4.98 Å². The van der Waals surface area contributed by atoms with Gasteiger partial charge in [0.15, 0.2) is 0 Å². The zero-order chi connectivity index (χ0) is 13.7. The molecule has 5 heteroatoms. The van der Waals surface area contributed by atoms with Gasteiger partial charge < -0.3 is 9.47 Å². The fourth-order valence-corrected chi connectivity index (χ4v) is 1.54. The molecule has 1 aromatic carbocycles. The molecule has 2 rings (SSSR count). The van der Waals surface area contributed by atoms with E-state index in [1.165, 1.54) is 0 Å². The van der Waals surface area contributed by atoms with Crippen LogP contribution in [0.2, 0.25) is 0 Å². The van der Waals surface area contributed by atoms with Crippen LogP contribution in [-0.4, -0.2) is 16.6 Å². The lowest BCUT2D eigenvalue weighted by Gasteiger charge is -2.07. The van der Waals surface area contributed by atoms with Crippen LogP contribution >= 0.6 is 0 Å². The molecule has 0 amide bonds. The molecular formula is C14H13N3O2. The summed E-state index contributed by atoms with van der Waals surface area (Å²) in [4.78, 5) is 8.12. The van der Waals surface area contributed by atoms with E-state index < -0.39 is 0 Å². The molecule has 0 aliphatic carbocycles. The van der Waals surface area contributed by atoms with Gasteiger partial charge in [-0.2, -0.15) is 10.2 Å². The standard InChI is InChI=1S/C14H13N3O2/c1-3-18-12-5-4-6-13(8-12)19-14-16-10(2)7-11(9-15)17-14/h4-8H,3H2,1-2H3. The Labute approximate surface area is 111 Å². The summed E-state index contributed by atoms with van der Waals surface area (Å²) >= 11 is 0. The fourth-order valence-electron chi connectivity index (χ4n) is 1.54. The Morgan fingerprint density at radius 2 is 2.00 bits per heavy atom. The molecule has 0 saturated carbocycles. The molecule has 0 saturated heterocycles.